The summed E-state index contributed by atoms with van der Waals surface area (Å²) in [6.07, 6.45) is 21.1. The Morgan fingerprint density at radius 3 is 2.39 bits per heavy atom. The van der Waals surface area contributed by atoms with Gasteiger partial charge in [0.15, 0.2) is 0 Å². The number of aromatic nitrogens is 4. The first kappa shape index (κ1) is 28.2. The minimum Gasteiger partial charge on any atom is -0.330 e. The highest BCUT2D eigenvalue weighted by atomic mass is 15.3. The molecular weight excluding hydrogens is 502 g/mol. The molecule has 4 aliphatic rings. The molecule has 5 heteroatoms. The second-order valence-corrected chi connectivity index (χ2v) is 13.8. The maximum absolute atomic E-state index is 4.88. The summed E-state index contributed by atoms with van der Waals surface area (Å²) in [5, 5.41) is 4.57. The van der Waals surface area contributed by atoms with Gasteiger partial charge in [0, 0.05) is 36.1 Å². The highest BCUT2D eigenvalue weighted by Crippen LogP contribution is 2.58. The molecule has 2 aromatic heterocycles. The van der Waals surface area contributed by atoms with Gasteiger partial charge < -0.3 is 4.90 Å². The molecule has 0 atom stereocenters. The van der Waals surface area contributed by atoms with Crippen molar-refractivity contribution in [1.29, 1.82) is 0 Å². The molecule has 2 heterocycles. The number of fused-ring (bicyclic) bond motifs is 3. The van der Waals surface area contributed by atoms with Gasteiger partial charge in [0.25, 0.3) is 0 Å². The van der Waals surface area contributed by atoms with Crippen molar-refractivity contribution in [3.05, 3.63) is 72.0 Å². The van der Waals surface area contributed by atoms with Gasteiger partial charge >= 0.3 is 0 Å². The van der Waals surface area contributed by atoms with E-state index in [1.807, 2.05) is 10.9 Å². The number of allylic oxidation sites excluding steroid dienone is 1. The fourth-order valence-electron chi connectivity index (χ4n) is 8.08. The molecule has 41 heavy (non-hydrogen) atoms. The molecule has 0 aliphatic heterocycles. The topological polar surface area (TPSA) is 46.8 Å². The summed E-state index contributed by atoms with van der Waals surface area (Å²) < 4.78 is 2.00. The largest absolute Gasteiger partial charge is 0.330 e. The van der Waals surface area contributed by atoms with Crippen LogP contribution in [0.1, 0.15) is 114 Å². The number of aryl methyl sites for hydroxylation is 2. The van der Waals surface area contributed by atoms with Crippen LogP contribution in [0.15, 0.2) is 55.3 Å². The molecule has 0 saturated heterocycles. The molecule has 0 spiro atoms. The van der Waals surface area contributed by atoms with Gasteiger partial charge in [0.05, 0.1) is 11.9 Å². The summed E-state index contributed by atoms with van der Waals surface area (Å²) in [7, 11) is 0. The molecule has 5 nitrogen and oxygen atoms in total. The molecular formula is C36H49N5. The van der Waals surface area contributed by atoms with E-state index in [-0.39, 0.29) is 0 Å². The highest BCUT2D eigenvalue weighted by Gasteiger charge is 2.50. The zero-order valence-corrected chi connectivity index (χ0v) is 25.8. The van der Waals surface area contributed by atoms with Crippen LogP contribution in [0.2, 0.25) is 0 Å². The van der Waals surface area contributed by atoms with Crippen LogP contribution in [0.4, 0.5) is 5.82 Å². The second kappa shape index (κ2) is 11.4. The Labute approximate surface area is 247 Å². The lowest BCUT2D eigenvalue weighted by Crippen LogP contribution is -2.49. The molecule has 4 saturated carbocycles. The Balaban J connectivity index is 1.27. The van der Waals surface area contributed by atoms with Crippen molar-refractivity contribution in [2.45, 2.75) is 116 Å². The third kappa shape index (κ3) is 5.49. The number of hydrogen-bond acceptors (Lipinski definition) is 4. The van der Waals surface area contributed by atoms with Gasteiger partial charge in [-0.3, -0.25) is 4.68 Å². The van der Waals surface area contributed by atoms with E-state index in [4.69, 9.17) is 11.6 Å². The number of anilines is 1. The van der Waals surface area contributed by atoms with Crippen molar-refractivity contribution in [2.24, 2.45) is 11.3 Å². The van der Waals surface area contributed by atoms with Crippen LogP contribution in [0.5, 0.6) is 0 Å². The van der Waals surface area contributed by atoms with Crippen molar-refractivity contribution in [1.82, 2.24) is 19.7 Å². The fraction of sp³-hybridized carbons (Fsp3) is 0.583. The SMILES string of the molecule is C=C(C1CCCCC1)N(CC12CCC(c3ccc(CC)c(C)c3)(CC1)CC2)c1cc(-c2cnn(C(C)C)c2)ncn1. The van der Waals surface area contributed by atoms with Crippen LogP contribution in [-0.4, -0.2) is 26.3 Å². The van der Waals surface area contributed by atoms with Crippen molar-refractivity contribution in [3.63, 3.8) is 0 Å². The summed E-state index contributed by atoms with van der Waals surface area (Å²) in [6, 6.07) is 9.86. The summed E-state index contributed by atoms with van der Waals surface area (Å²) >= 11 is 0. The zero-order valence-electron chi connectivity index (χ0n) is 25.8. The maximum atomic E-state index is 4.88. The Hall–Kier alpha value is -2.95. The van der Waals surface area contributed by atoms with Crippen LogP contribution in [0.25, 0.3) is 11.3 Å². The average Bonchev–Trinajstić information content (AvgIpc) is 3.52. The van der Waals surface area contributed by atoms with Gasteiger partial charge in [-0.25, -0.2) is 9.97 Å². The van der Waals surface area contributed by atoms with Crippen LogP contribution in [0, 0.1) is 18.3 Å². The summed E-state index contributed by atoms with van der Waals surface area (Å²) in [5.74, 6) is 1.55. The molecule has 0 N–H and O–H groups in total. The number of nitrogens with zero attached hydrogens (tertiary/aromatic N) is 5. The number of hydrogen-bond donors (Lipinski definition) is 0. The van der Waals surface area contributed by atoms with Crippen LogP contribution in [-0.2, 0) is 11.8 Å². The van der Waals surface area contributed by atoms with Gasteiger partial charge in [0.2, 0.25) is 0 Å². The minimum absolute atomic E-state index is 0.324. The first-order valence-electron chi connectivity index (χ1n) is 16.2. The minimum atomic E-state index is 0.324. The lowest BCUT2D eigenvalue weighted by atomic mass is 9.51. The molecule has 3 aromatic rings. The first-order chi connectivity index (χ1) is 19.8. The quantitative estimate of drug-likeness (QED) is 0.266. The molecule has 1 aromatic carbocycles. The predicted molar refractivity (Wildman–Crippen MR) is 169 cm³/mol. The van der Waals surface area contributed by atoms with E-state index in [0.29, 0.717) is 22.8 Å². The number of rotatable bonds is 9. The molecule has 7 rings (SSSR count). The lowest BCUT2D eigenvalue weighted by Gasteiger charge is -2.55. The van der Waals surface area contributed by atoms with Crippen molar-refractivity contribution in [3.8, 4) is 11.3 Å². The molecule has 0 unspecified atom stereocenters. The molecule has 4 fully saturated rings. The van der Waals surface area contributed by atoms with Gasteiger partial charge in [0.1, 0.15) is 12.1 Å². The second-order valence-electron chi connectivity index (χ2n) is 13.8. The Bertz CT molecular complexity index is 1350. The normalized spacial score (nSPS) is 24.6. The predicted octanol–water partition coefficient (Wildman–Crippen LogP) is 8.98. The Morgan fingerprint density at radius 1 is 1.02 bits per heavy atom. The van der Waals surface area contributed by atoms with Crippen LogP contribution < -0.4 is 4.90 Å². The van der Waals surface area contributed by atoms with Crippen molar-refractivity contribution < 1.29 is 0 Å². The van der Waals surface area contributed by atoms with E-state index >= 15 is 0 Å². The summed E-state index contributed by atoms with van der Waals surface area (Å²) in [4.78, 5) is 12.1. The van der Waals surface area contributed by atoms with Crippen LogP contribution in [0.3, 0.4) is 0 Å². The first-order valence-corrected chi connectivity index (χ1v) is 16.2. The summed E-state index contributed by atoms with van der Waals surface area (Å²) in [6.45, 7) is 14.7. The lowest BCUT2D eigenvalue weighted by molar-refractivity contribution is 0.0459. The molecule has 2 bridgehead atoms. The zero-order chi connectivity index (χ0) is 28.6. The third-order valence-electron chi connectivity index (χ3n) is 11.0. The Morgan fingerprint density at radius 2 is 1.76 bits per heavy atom. The highest BCUT2D eigenvalue weighted by molar-refractivity contribution is 5.62. The summed E-state index contributed by atoms with van der Waals surface area (Å²) in [5.41, 5.74) is 8.50. The van der Waals surface area contributed by atoms with Gasteiger partial charge in [-0.05, 0) is 112 Å². The van der Waals surface area contributed by atoms with Gasteiger partial charge in [-0.15, -0.1) is 0 Å². The standard InChI is InChI=1S/C36H49N5/c1-6-29-12-13-32(20-27(29)4)36-17-14-35(15-18-36,16-19-36)24-40(28(5)30-10-8-7-9-11-30)34-21-33(37-25-38-34)31-22-39-41(23-31)26(2)3/h12-13,20-23,25-26,30H,5-11,14-19,24H2,1-4H3. The van der Waals surface area contributed by atoms with E-state index in [0.717, 1.165) is 30.0 Å². The van der Waals surface area contributed by atoms with Gasteiger partial charge in [-0.1, -0.05) is 51.0 Å². The molecule has 0 amide bonds. The maximum Gasteiger partial charge on any atom is 0.136 e. The smallest absolute Gasteiger partial charge is 0.136 e. The molecule has 4 aliphatic carbocycles. The monoisotopic (exact) mass is 551 g/mol. The number of benzene rings is 1. The van der Waals surface area contributed by atoms with E-state index in [9.17, 15) is 0 Å². The molecule has 218 valence electrons. The molecule has 0 radical (unpaired) electrons. The van der Waals surface area contributed by atoms with E-state index in [1.165, 1.54) is 87.5 Å². The van der Waals surface area contributed by atoms with Crippen LogP contribution >= 0.6 is 0 Å². The Kier molecular flexibility index (Phi) is 7.82. The van der Waals surface area contributed by atoms with E-state index in [1.54, 1.807) is 11.9 Å². The van der Waals surface area contributed by atoms with Crippen molar-refractivity contribution in [2.75, 3.05) is 11.4 Å². The van der Waals surface area contributed by atoms with Crippen molar-refractivity contribution >= 4 is 5.82 Å². The average molecular weight is 552 g/mol. The van der Waals surface area contributed by atoms with Gasteiger partial charge in [-0.2, -0.15) is 5.10 Å². The fourth-order valence-corrected chi connectivity index (χ4v) is 8.08. The van der Waals surface area contributed by atoms with E-state index < -0.39 is 0 Å². The van der Waals surface area contributed by atoms with E-state index in [2.05, 4.69) is 73.1 Å². The third-order valence-corrected chi connectivity index (χ3v) is 11.0.